The van der Waals surface area contributed by atoms with Crippen LogP contribution in [-0.4, -0.2) is 53.4 Å². The lowest BCUT2D eigenvalue weighted by atomic mass is 10.1. The normalized spacial score (nSPS) is 20.6. The molecule has 1 unspecified atom stereocenters. The summed E-state index contributed by atoms with van der Waals surface area (Å²) in [5, 5.41) is 0. The van der Waals surface area contributed by atoms with Crippen molar-refractivity contribution in [2.45, 2.75) is 19.4 Å². The van der Waals surface area contributed by atoms with Gasteiger partial charge in [0, 0.05) is 36.3 Å². The van der Waals surface area contributed by atoms with Crippen LogP contribution in [0.4, 0.5) is 5.82 Å². The van der Waals surface area contributed by atoms with Crippen LogP contribution >= 0.6 is 15.9 Å². The van der Waals surface area contributed by atoms with E-state index in [1.807, 2.05) is 4.90 Å². The Morgan fingerprint density at radius 3 is 3.00 bits per heavy atom. The van der Waals surface area contributed by atoms with Gasteiger partial charge in [-0.3, -0.25) is 9.69 Å². The van der Waals surface area contributed by atoms with Crippen molar-refractivity contribution >= 4 is 27.7 Å². The molecular weight excluding hydrogens is 308 g/mol. The van der Waals surface area contributed by atoms with E-state index in [-0.39, 0.29) is 5.91 Å². The number of nitrogens with zero attached hydrogens (tertiary/aromatic N) is 3. The first-order valence-electron chi connectivity index (χ1n) is 6.43. The van der Waals surface area contributed by atoms with Gasteiger partial charge in [0.25, 0.3) is 5.91 Å². The Bertz CT molecular complexity index is 480. The molecule has 0 spiro atoms. The van der Waals surface area contributed by atoms with Gasteiger partial charge < -0.3 is 10.6 Å². The number of amides is 1. The monoisotopic (exact) mass is 326 g/mol. The molecule has 2 N–H and O–H groups in total. The Hall–Kier alpha value is -1.14. The van der Waals surface area contributed by atoms with E-state index in [9.17, 15) is 4.79 Å². The summed E-state index contributed by atoms with van der Waals surface area (Å²) in [6.45, 7) is 4.52. The summed E-state index contributed by atoms with van der Waals surface area (Å²) in [5.41, 5.74) is 6.28. The Morgan fingerprint density at radius 1 is 1.58 bits per heavy atom. The number of hydrogen-bond donors (Lipinski definition) is 1. The number of likely N-dealkylation sites (N-methyl/N-ethyl adjacent to an activating group) is 1. The second kappa shape index (κ2) is 5.88. The van der Waals surface area contributed by atoms with Crippen molar-refractivity contribution in [1.29, 1.82) is 0 Å². The van der Waals surface area contributed by atoms with Crippen LogP contribution in [0.5, 0.6) is 0 Å². The highest BCUT2D eigenvalue weighted by atomic mass is 79.9. The van der Waals surface area contributed by atoms with Gasteiger partial charge in [-0.25, -0.2) is 4.98 Å². The lowest BCUT2D eigenvalue weighted by molar-refractivity contribution is 0.0542. The van der Waals surface area contributed by atoms with Crippen LogP contribution in [0.1, 0.15) is 23.7 Å². The van der Waals surface area contributed by atoms with Gasteiger partial charge in [-0.05, 0) is 35.5 Å². The maximum absolute atomic E-state index is 12.5. The van der Waals surface area contributed by atoms with E-state index in [2.05, 4.69) is 39.8 Å². The van der Waals surface area contributed by atoms with Crippen LogP contribution in [0.2, 0.25) is 0 Å². The summed E-state index contributed by atoms with van der Waals surface area (Å²) < 4.78 is 0.770. The fourth-order valence-electron chi connectivity index (χ4n) is 2.36. The first-order valence-corrected chi connectivity index (χ1v) is 7.22. The molecule has 1 atom stereocenters. The van der Waals surface area contributed by atoms with Crippen molar-refractivity contribution in [2.24, 2.45) is 0 Å². The third-order valence-corrected chi connectivity index (χ3v) is 4.08. The van der Waals surface area contributed by atoms with Crippen LogP contribution in [0.3, 0.4) is 0 Å². The molecule has 2 heterocycles. The van der Waals surface area contributed by atoms with Crippen LogP contribution in [0, 0.1) is 0 Å². The molecular formula is C13H19BrN4O. The lowest BCUT2D eigenvalue weighted by Gasteiger charge is -2.39. The zero-order valence-corrected chi connectivity index (χ0v) is 12.9. The second-order valence-corrected chi connectivity index (χ2v) is 5.80. The molecule has 0 radical (unpaired) electrons. The zero-order valence-electron chi connectivity index (χ0n) is 11.3. The molecule has 1 aliphatic rings. The highest BCUT2D eigenvalue weighted by Crippen LogP contribution is 2.19. The van der Waals surface area contributed by atoms with Gasteiger partial charge in [-0.2, -0.15) is 0 Å². The second-order valence-electron chi connectivity index (χ2n) is 4.88. The number of carbonyl (C=O) groups is 1. The Labute approximate surface area is 121 Å². The Morgan fingerprint density at radius 2 is 2.32 bits per heavy atom. The number of pyridine rings is 1. The summed E-state index contributed by atoms with van der Waals surface area (Å²) >= 11 is 3.33. The average molecular weight is 327 g/mol. The van der Waals surface area contributed by atoms with Crippen molar-refractivity contribution in [3.8, 4) is 0 Å². The molecule has 5 nitrogen and oxygen atoms in total. The maximum Gasteiger partial charge on any atom is 0.257 e. The molecule has 0 saturated carbocycles. The molecule has 2 rings (SSSR count). The quantitative estimate of drug-likeness (QED) is 0.896. The maximum atomic E-state index is 12.5. The van der Waals surface area contributed by atoms with Crippen molar-refractivity contribution in [2.75, 3.05) is 32.4 Å². The van der Waals surface area contributed by atoms with E-state index < -0.39 is 0 Å². The summed E-state index contributed by atoms with van der Waals surface area (Å²) in [6.07, 6.45) is 2.64. The predicted octanol–water partition coefficient (Wildman–Crippen LogP) is 1.59. The largest absolute Gasteiger partial charge is 0.383 e. The van der Waals surface area contributed by atoms with Crippen LogP contribution < -0.4 is 5.73 Å². The van der Waals surface area contributed by atoms with E-state index in [1.54, 1.807) is 12.3 Å². The van der Waals surface area contributed by atoms with E-state index in [4.69, 9.17) is 5.73 Å². The molecule has 1 saturated heterocycles. The number of nitrogen functional groups attached to an aromatic ring is 1. The summed E-state index contributed by atoms with van der Waals surface area (Å²) in [4.78, 5) is 20.7. The molecule has 0 aliphatic carbocycles. The highest BCUT2D eigenvalue weighted by Gasteiger charge is 2.27. The molecule has 19 heavy (non-hydrogen) atoms. The molecule has 6 heteroatoms. The molecule has 1 aromatic heterocycles. The predicted molar refractivity (Wildman–Crippen MR) is 79.0 cm³/mol. The number of hydrogen-bond acceptors (Lipinski definition) is 4. The molecule has 104 valence electrons. The van der Waals surface area contributed by atoms with Gasteiger partial charge in [-0.15, -0.1) is 0 Å². The van der Waals surface area contributed by atoms with Crippen molar-refractivity contribution in [3.63, 3.8) is 0 Å². The molecule has 1 fully saturated rings. The third kappa shape index (κ3) is 3.06. The standard InChI is InChI=1S/C13H19BrN4O/c1-3-10-8-18(5-4-17(10)2)13(19)11-6-9(14)7-16-12(11)15/h6-7,10H,3-5,8H2,1-2H3,(H2,15,16). The molecule has 1 aliphatic heterocycles. The van der Waals surface area contributed by atoms with Gasteiger partial charge in [-0.1, -0.05) is 6.92 Å². The van der Waals surface area contributed by atoms with Gasteiger partial charge in [0.2, 0.25) is 0 Å². The SMILES string of the molecule is CCC1CN(C(=O)c2cc(Br)cnc2N)CCN1C. The smallest absolute Gasteiger partial charge is 0.257 e. The number of halogens is 1. The van der Waals surface area contributed by atoms with E-state index in [1.165, 1.54) is 0 Å². The Kier molecular flexibility index (Phi) is 4.42. The van der Waals surface area contributed by atoms with Crippen molar-refractivity contribution < 1.29 is 4.79 Å². The minimum Gasteiger partial charge on any atom is -0.383 e. The number of carbonyl (C=O) groups excluding carboxylic acids is 1. The minimum atomic E-state index is -0.0298. The van der Waals surface area contributed by atoms with Gasteiger partial charge in [0.1, 0.15) is 5.82 Å². The Balaban J connectivity index is 2.18. The highest BCUT2D eigenvalue weighted by molar-refractivity contribution is 9.10. The lowest BCUT2D eigenvalue weighted by Crippen LogP contribution is -2.53. The van der Waals surface area contributed by atoms with Crippen molar-refractivity contribution in [3.05, 3.63) is 22.3 Å². The number of piperazine rings is 1. The van der Waals surface area contributed by atoms with Gasteiger partial charge in [0.15, 0.2) is 0 Å². The number of rotatable bonds is 2. The summed E-state index contributed by atoms with van der Waals surface area (Å²) in [7, 11) is 2.10. The number of anilines is 1. The average Bonchev–Trinajstić information content (AvgIpc) is 2.41. The van der Waals surface area contributed by atoms with E-state index in [0.29, 0.717) is 17.4 Å². The molecule has 1 aromatic rings. The van der Waals surface area contributed by atoms with Crippen LogP contribution in [-0.2, 0) is 0 Å². The van der Waals surface area contributed by atoms with E-state index >= 15 is 0 Å². The molecule has 0 bridgehead atoms. The van der Waals surface area contributed by atoms with Crippen LogP contribution in [0.25, 0.3) is 0 Å². The minimum absolute atomic E-state index is 0.0298. The number of nitrogens with two attached hydrogens (primary N) is 1. The third-order valence-electron chi connectivity index (χ3n) is 3.65. The summed E-state index contributed by atoms with van der Waals surface area (Å²) in [6, 6.07) is 2.16. The number of aromatic nitrogens is 1. The van der Waals surface area contributed by atoms with E-state index in [0.717, 1.165) is 30.5 Å². The van der Waals surface area contributed by atoms with Gasteiger partial charge in [0.05, 0.1) is 5.56 Å². The zero-order chi connectivity index (χ0) is 14.0. The van der Waals surface area contributed by atoms with Crippen LogP contribution in [0.15, 0.2) is 16.7 Å². The summed E-state index contributed by atoms with van der Waals surface area (Å²) in [5.74, 6) is 0.262. The van der Waals surface area contributed by atoms with Gasteiger partial charge >= 0.3 is 0 Å². The molecule has 0 aromatic carbocycles. The fraction of sp³-hybridized carbons (Fsp3) is 0.538. The first kappa shape index (κ1) is 14.3. The topological polar surface area (TPSA) is 62.5 Å². The van der Waals surface area contributed by atoms with Crippen molar-refractivity contribution in [1.82, 2.24) is 14.8 Å². The fourth-order valence-corrected chi connectivity index (χ4v) is 2.69. The first-order chi connectivity index (χ1) is 9.02. The molecule has 1 amide bonds.